The lowest BCUT2D eigenvalue weighted by Gasteiger charge is -2.24. The Morgan fingerprint density at radius 1 is 1.21 bits per heavy atom. The molecule has 0 bridgehead atoms. The summed E-state index contributed by atoms with van der Waals surface area (Å²) in [5.41, 5.74) is 4.09. The van der Waals surface area contributed by atoms with Gasteiger partial charge in [-0.2, -0.15) is 0 Å². The van der Waals surface area contributed by atoms with E-state index in [9.17, 15) is 4.79 Å². The molecule has 0 fully saturated rings. The summed E-state index contributed by atoms with van der Waals surface area (Å²) in [7, 11) is 2.06. The van der Waals surface area contributed by atoms with Crippen molar-refractivity contribution in [3.8, 4) is 0 Å². The van der Waals surface area contributed by atoms with Crippen molar-refractivity contribution in [2.75, 3.05) is 11.9 Å². The zero-order valence-electron chi connectivity index (χ0n) is 16.5. The van der Waals surface area contributed by atoms with Gasteiger partial charge in [0.2, 0.25) is 5.91 Å². The van der Waals surface area contributed by atoms with Gasteiger partial charge >= 0.3 is 0 Å². The molecule has 0 saturated carbocycles. The maximum atomic E-state index is 12.3. The third-order valence-electron chi connectivity index (χ3n) is 4.74. The minimum atomic E-state index is -0.0506. The number of carbonyl (C=O) groups excluding carboxylic acids is 1. The number of aryl methyl sites for hydroxylation is 1. The Morgan fingerprint density at radius 3 is 2.57 bits per heavy atom. The third-order valence-corrected chi connectivity index (χ3v) is 5.85. The standard InChI is InChI=1S/C22H24ClN3OS/c1-15-8-10-21(11-9-15)26(17(3)27)22-24-20(14-28-22)13-25(4)16(2)18-6-5-7-19(23)12-18/h5-12,14,16H,13H2,1-4H3. The molecule has 28 heavy (non-hydrogen) atoms. The van der Waals surface area contributed by atoms with Gasteiger partial charge in [-0.15, -0.1) is 11.3 Å². The van der Waals surface area contributed by atoms with Crippen LogP contribution >= 0.6 is 22.9 Å². The maximum Gasteiger partial charge on any atom is 0.230 e. The fourth-order valence-corrected chi connectivity index (χ4v) is 4.08. The van der Waals surface area contributed by atoms with Gasteiger partial charge in [0.15, 0.2) is 5.13 Å². The average Bonchev–Trinajstić information content (AvgIpc) is 3.10. The van der Waals surface area contributed by atoms with Crippen molar-refractivity contribution in [2.24, 2.45) is 0 Å². The van der Waals surface area contributed by atoms with Gasteiger partial charge in [-0.3, -0.25) is 14.6 Å². The molecule has 0 N–H and O–H groups in total. The Morgan fingerprint density at radius 2 is 1.93 bits per heavy atom. The number of hydrogen-bond acceptors (Lipinski definition) is 4. The average molecular weight is 414 g/mol. The number of aromatic nitrogens is 1. The largest absolute Gasteiger partial charge is 0.294 e. The van der Waals surface area contributed by atoms with Crippen LogP contribution in [0.3, 0.4) is 0 Å². The molecule has 0 aliphatic heterocycles. The monoisotopic (exact) mass is 413 g/mol. The van der Waals surface area contributed by atoms with Gasteiger partial charge in [0.25, 0.3) is 0 Å². The quantitative estimate of drug-likeness (QED) is 0.498. The highest BCUT2D eigenvalue weighted by molar-refractivity contribution is 7.14. The van der Waals surface area contributed by atoms with Gasteiger partial charge in [-0.25, -0.2) is 4.98 Å². The second-order valence-electron chi connectivity index (χ2n) is 6.96. The van der Waals surface area contributed by atoms with Gasteiger partial charge in [0.05, 0.1) is 11.4 Å². The van der Waals surface area contributed by atoms with Crippen LogP contribution in [0.1, 0.15) is 36.7 Å². The molecular weight excluding hydrogens is 390 g/mol. The summed E-state index contributed by atoms with van der Waals surface area (Å²) in [6.07, 6.45) is 0. The summed E-state index contributed by atoms with van der Waals surface area (Å²) in [5, 5.41) is 3.44. The minimum absolute atomic E-state index is 0.0506. The van der Waals surface area contributed by atoms with E-state index in [0.717, 1.165) is 27.5 Å². The molecule has 0 radical (unpaired) electrons. The number of benzene rings is 2. The van der Waals surface area contributed by atoms with Gasteiger partial charge in [0.1, 0.15) is 0 Å². The maximum absolute atomic E-state index is 12.3. The van der Waals surface area contributed by atoms with Crippen LogP contribution in [0.25, 0.3) is 0 Å². The molecule has 1 unspecified atom stereocenters. The van der Waals surface area contributed by atoms with Crippen LogP contribution in [0, 0.1) is 6.92 Å². The number of carbonyl (C=O) groups is 1. The Bertz CT molecular complexity index is 954. The van der Waals surface area contributed by atoms with Crippen LogP contribution in [-0.2, 0) is 11.3 Å². The highest BCUT2D eigenvalue weighted by Crippen LogP contribution is 2.30. The normalized spacial score (nSPS) is 12.2. The molecule has 146 valence electrons. The van der Waals surface area contributed by atoms with Gasteiger partial charge in [0, 0.05) is 29.9 Å². The van der Waals surface area contributed by atoms with Crippen molar-refractivity contribution >= 4 is 39.7 Å². The van der Waals surface area contributed by atoms with Crippen molar-refractivity contribution < 1.29 is 4.79 Å². The Hall–Kier alpha value is -2.21. The predicted molar refractivity (Wildman–Crippen MR) is 117 cm³/mol. The first-order valence-corrected chi connectivity index (χ1v) is 10.4. The van der Waals surface area contributed by atoms with E-state index in [1.165, 1.54) is 11.3 Å². The molecule has 6 heteroatoms. The molecule has 0 aliphatic rings. The first-order valence-electron chi connectivity index (χ1n) is 9.12. The summed E-state index contributed by atoms with van der Waals surface area (Å²) >= 11 is 7.61. The molecule has 0 spiro atoms. The molecule has 1 aromatic heterocycles. The van der Waals surface area contributed by atoms with E-state index in [1.807, 2.05) is 54.8 Å². The highest BCUT2D eigenvalue weighted by atomic mass is 35.5. The summed E-state index contributed by atoms with van der Waals surface area (Å²) in [6.45, 7) is 6.42. The summed E-state index contributed by atoms with van der Waals surface area (Å²) < 4.78 is 0. The van der Waals surface area contributed by atoms with Crippen molar-refractivity contribution in [3.05, 3.63) is 75.8 Å². The number of rotatable bonds is 6. The molecular formula is C22H24ClN3OS. The van der Waals surface area contributed by atoms with Crippen LogP contribution in [0.2, 0.25) is 5.02 Å². The number of halogens is 1. The van der Waals surface area contributed by atoms with Crippen LogP contribution < -0.4 is 4.90 Å². The van der Waals surface area contributed by atoms with Crippen molar-refractivity contribution in [3.63, 3.8) is 0 Å². The highest BCUT2D eigenvalue weighted by Gasteiger charge is 2.19. The Balaban J connectivity index is 1.76. The summed E-state index contributed by atoms with van der Waals surface area (Å²) in [6, 6.07) is 16.0. The molecule has 3 aromatic rings. The number of amides is 1. The second-order valence-corrected chi connectivity index (χ2v) is 8.23. The molecule has 4 nitrogen and oxygen atoms in total. The molecule has 1 heterocycles. The van der Waals surface area contributed by atoms with Crippen molar-refractivity contribution in [2.45, 2.75) is 33.4 Å². The smallest absolute Gasteiger partial charge is 0.230 e. The van der Waals surface area contributed by atoms with E-state index >= 15 is 0 Å². The number of thiazole rings is 1. The topological polar surface area (TPSA) is 36.4 Å². The lowest BCUT2D eigenvalue weighted by Crippen LogP contribution is -2.24. The fourth-order valence-electron chi connectivity index (χ4n) is 3.01. The van der Waals surface area contributed by atoms with Crippen LogP contribution in [0.15, 0.2) is 53.9 Å². The van der Waals surface area contributed by atoms with Gasteiger partial charge < -0.3 is 0 Å². The van der Waals surface area contributed by atoms with E-state index < -0.39 is 0 Å². The fraction of sp³-hybridized carbons (Fsp3) is 0.273. The van der Waals surface area contributed by atoms with Gasteiger partial charge in [-0.1, -0.05) is 41.4 Å². The lowest BCUT2D eigenvalue weighted by molar-refractivity contribution is -0.115. The zero-order valence-corrected chi connectivity index (χ0v) is 18.1. The number of hydrogen-bond donors (Lipinski definition) is 0. The molecule has 0 saturated heterocycles. The van der Waals surface area contributed by atoms with E-state index in [1.54, 1.807) is 11.8 Å². The predicted octanol–water partition coefficient (Wildman–Crippen LogP) is 5.98. The minimum Gasteiger partial charge on any atom is -0.294 e. The van der Waals surface area contributed by atoms with Crippen LogP contribution in [0.4, 0.5) is 10.8 Å². The Labute approximate surface area is 175 Å². The molecule has 1 atom stereocenters. The van der Waals surface area contributed by atoms with E-state index in [-0.39, 0.29) is 11.9 Å². The molecule has 2 aromatic carbocycles. The molecule has 0 aliphatic carbocycles. The van der Waals surface area contributed by atoms with Crippen molar-refractivity contribution in [1.29, 1.82) is 0 Å². The van der Waals surface area contributed by atoms with E-state index in [4.69, 9.17) is 16.6 Å². The molecule has 3 rings (SSSR count). The second kappa shape index (κ2) is 8.86. The zero-order chi connectivity index (χ0) is 20.3. The number of anilines is 2. The van der Waals surface area contributed by atoms with E-state index in [0.29, 0.717) is 11.7 Å². The third kappa shape index (κ3) is 4.79. The van der Waals surface area contributed by atoms with Crippen LogP contribution in [-0.4, -0.2) is 22.8 Å². The SMILES string of the molecule is CC(=O)N(c1ccc(C)cc1)c1nc(CN(C)C(C)c2cccc(Cl)c2)cs1. The van der Waals surface area contributed by atoms with Crippen molar-refractivity contribution in [1.82, 2.24) is 9.88 Å². The molecule has 1 amide bonds. The number of nitrogens with zero attached hydrogens (tertiary/aromatic N) is 3. The Kier molecular flexibility index (Phi) is 6.50. The summed E-state index contributed by atoms with van der Waals surface area (Å²) in [4.78, 5) is 20.9. The summed E-state index contributed by atoms with van der Waals surface area (Å²) in [5.74, 6) is -0.0506. The lowest BCUT2D eigenvalue weighted by atomic mass is 10.1. The van der Waals surface area contributed by atoms with E-state index in [2.05, 4.69) is 24.9 Å². The first kappa shape index (κ1) is 20.5. The van der Waals surface area contributed by atoms with Gasteiger partial charge in [-0.05, 0) is 50.7 Å². The van der Waals surface area contributed by atoms with Crippen LogP contribution in [0.5, 0.6) is 0 Å². The first-order chi connectivity index (χ1) is 13.3.